The van der Waals surface area contributed by atoms with Crippen molar-refractivity contribution >= 4 is 5.78 Å². The molecule has 2 aliphatic rings. The van der Waals surface area contributed by atoms with Gasteiger partial charge in [0.1, 0.15) is 0 Å². The Labute approximate surface area is 149 Å². The first-order chi connectivity index (χ1) is 10.9. The second kappa shape index (κ2) is 17.0. The molecule has 4 heteroatoms. The third kappa shape index (κ3) is 10.9. The van der Waals surface area contributed by atoms with E-state index in [-0.39, 0.29) is 28.8 Å². The van der Waals surface area contributed by atoms with Crippen molar-refractivity contribution in [2.24, 2.45) is 5.92 Å². The molecule has 6 radical (unpaired) electrons. The Morgan fingerprint density at radius 2 is 1.39 bits per heavy atom. The first kappa shape index (κ1) is 23.9. The van der Waals surface area contributed by atoms with Crippen LogP contribution in [0.1, 0.15) is 12.0 Å². The zero-order chi connectivity index (χ0) is 16.6. The van der Waals surface area contributed by atoms with Gasteiger partial charge in [-0.15, -0.1) is 0 Å². The quantitative estimate of drug-likeness (QED) is 0.460. The summed E-state index contributed by atoms with van der Waals surface area (Å²) in [5.41, 5.74) is 1.25. The van der Waals surface area contributed by atoms with Crippen LogP contribution in [0.2, 0.25) is 0 Å². The summed E-state index contributed by atoms with van der Waals surface area (Å²) in [6, 6.07) is 10.2. The van der Waals surface area contributed by atoms with Gasteiger partial charge in [-0.2, -0.15) is 0 Å². The summed E-state index contributed by atoms with van der Waals surface area (Å²) >= 11 is 0. The zero-order valence-corrected chi connectivity index (χ0v) is 13.7. The fourth-order valence-corrected chi connectivity index (χ4v) is 2.00. The van der Waals surface area contributed by atoms with Crippen LogP contribution in [0.3, 0.4) is 0 Å². The number of rotatable bonds is 2. The van der Waals surface area contributed by atoms with Gasteiger partial charge in [0.15, 0.2) is 5.78 Å². The predicted molar refractivity (Wildman–Crippen MR) is 81.8 cm³/mol. The minimum Gasteiger partial charge on any atom is -0.0312 e. The standard InChI is InChI=1S/C12H12O.C5H5.2CO.Mn/c13-12-8-4-7-11(12)9-10-5-2-1-3-6-10;1-2-4-5-3-1;2*1-2;/h1-6,8,11H,7,9H2;1-5H;;;. The third-order valence-corrected chi connectivity index (χ3v) is 2.99. The van der Waals surface area contributed by atoms with Crippen LogP contribution in [0.25, 0.3) is 0 Å². The topological polar surface area (TPSA) is 56.9 Å². The van der Waals surface area contributed by atoms with Crippen LogP contribution in [0.4, 0.5) is 0 Å². The van der Waals surface area contributed by atoms with E-state index in [1.165, 1.54) is 5.56 Å². The van der Waals surface area contributed by atoms with E-state index in [0.29, 0.717) is 0 Å². The van der Waals surface area contributed by atoms with E-state index in [1.54, 1.807) is 6.08 Å². The Hall–Kier alpha value is -1.37. The monoisotopic (exact) mass is 348 g/mol. The summed E-state index contributed by atoms with van der Waals surface area (Å²) in [4.78, 5) is 11.3. The van der Waals surface area contributed by atoms with Crippen LogP contribution in [-0.2, 0) is 37.6 Å². The van der Waals surface area contributed by atoms with Crippen LogP contribution < -0.4 is 0 Å². The number of carbonyl (C=O) groups excluding carboxylic acids is 1. The number of benzene rings is 1. The van der Waals surface area contributed by atoms with E-state index in [2.05, 4.69) is 25.4 Å². The second-order valence-corrected chi connectivity index (χ2v) is 4.39. The smallest absolute Gasteiger partial charge is 0 e. The van der Waals surface area contributed by atoms with Crippen molar-refractivity contribution in [1.29, 1.82) is 0 Å². The van der Waals surface area contributed by atoms with Crippen LogP contribution in [0.5, 0.6) is 0 Å². The molecule has 0 spiro atoms. The number of hydrogen-bond acceptors (Lipinski definition) is 1. The summed E-state index contributed by atoms with van der Waals surface area (Å²) < 4.78 is 15.0. The molecule has 1 unspecified atom stereocenters. The maximum Gasteiger partial charge on any atom is 0 e. The summed E-state index contributed by atoms with van der Waals surface area (Å²) in [5.74, 6) is 0.478. The molecule has 118 valence electrons. The number of ketones is 1. The van der Waals surface area contributed by atoms with Crippen LogP contribution in [0.15, 0.2) is 42.5 Å². The van der Waals surface area contributed by atoms with Gasteiger partial charge in [-0.3, -0.25) is 4.79 Å². The molecule has 0 saturated heterocycles. The maximum atomic E-state index is 11.3. The first-order valence-electron chi connectivity index (χ1n) is 6.68. The van der Waals surface area contributed by atoms with E-state index in [4.69, 9.17) is 9.30 Å². The molecular formula is C19H17MnO3. The van der Waals surface area contributed by atoms with Gasteiger partial charge in [0.2, 0.25) is 0 Å². The first-order valence-corrected chi connectivity index (χ1v) is 6.68. The SMILES string of the molecule is O=C1C=CCC1Cc1ccccc1.[C-]#[O+].[C-]#[O+].[CH]1[CH][CH][CH][CH]1.[Mn]. The Morgan fingerprint density at radius 3 is 1.78 bits per heavy atom. The van der Waals surface area contributed by atoms with Crippen molar-refractivity contribution in [1.82, 2.24) is 0 Å². The van der Waals surface area contributed by atoms with Crippen molar-refractivity contribution in [3.63, 3.8) is 0 Å². The molecule has 1 saturated carbocycles. The van der Waals surface area contributed by atoms with E-state index in [9.17, 15) is 4.79 Å². The molecule has 0 N–H and O–H groups in total. The molecule has 1 aromatic carbocycles. The summed E-state index contributed by atoms with van der Waals surface area (Å²) in [5, 5.41) is 0. The number of allylic oxidation sites excluding steroid dienone is 2. The zero-order valence-electron chi connectivity index (χ0n) is 12.5. The van der Waals surface area contributed by atoms with Crippen molar-refractivity contribution in [2.75, 3.05) is 0 Å². The van der Waals surface area contributed by atoms with Gasteiger partial charge in [-0.1, -0.05) is 36.4 Å². The molecule has 3 rings (SSSR count). The van der Waals surface area contributed by atoms with Gasteiger partial charge in [0.05, 0.1) is 0 Å². The molecular weight excluding hydrogens is 331 g/mol. The van der Waals surface area contributed by atoms with Gasteiger partial charge in [0, 0.05) is 23.0 Å². The summed E-state index contributed by atoms with van der Waals surface area (Å²) in [6.07, 6.45) is 15.5. The normalized spacial score (nSPS) is 17.2. The molecule has 0 bridgehead atoms. The molecule has 0 aliphatic heterocycles. The molecule has 0 heterocycles. The van der Waals surface area contributed by atoms with Gasteiger partial charge in [-0.25, -0.2) is 0 Å². The molecule has 1 atom stereocenters. The van der Waals surface area contributed by atoms with E-state index in [0.717, 1.165) is 12.8 Å². The molecule has 2 aliphatic carbocycles. The predicted octanol–water partition coefficient (Wildman–Crippen LogP) is 3.32. The Morgan fingerprint density at radius 1 is 0.913 bits per heavy atom. The van der Waals surface area contributed by atoms with Gasteiger partial charge >= 0.3 is 22.6 Å². The van der Waals surface area contributed by atoms with Crippen molar-refractivity contribution in [3.8, 4) is 0 Å². The maximum absolute atomic E-state index is 11.3. The van der Waals surface area contributed by atoms with Crippen molar-refractivity contribution < 1.29 is 31.2 Å². The van der Waals surface area contributed by atoms with Crippen molar-refractivity contribution in [2.45, 2.75) is 12.8 Å². The fraction of sp³-hybridized carbons (Fsp3) is 0.158. The molecule has 1 aromatic rings. The van der Waals surface area contributed by atoms with Gasteiger partial charge in [-0.05, 0) is 56.6 Å². The Kier molecular flexibility index (Phi) is 17.6. The second-order valence-electron chi connectivity index (χ2n) is 4.39. The fourth-order valence-electron chi connectivity index (χ4n) is 2.00. The molecule has 0 aromatic heterocycles. The van der Waals surface area contributed by atoms with E-state index < -0.39 is 0 Å². The van der Waals surface area contributed by atoms with E-state index >= 15 is 0 Å². The Balaban J connectivity index is 0. The largest absolute Gasteiger partial charge is 0.0312 e. The molecule has 3 nitrogen and oxygen atoms in total. The minimum absolute atomic E-state index is 0. The van der Waals surface area contributed by atoms with Crippen LogP contribution in [-0.4, -0.2) is 5.78 Å². The van der Waals surface area contributed by atoms with Crippen LogP contribution in [0, 0.1) is 51.3 Å². The molecule has 23 heavy (non-hydrogen) atoms. The van der Waals surface area contributed by atoms with Gasteiger partial charge in [0.25, 0.3) is 0 Å². The summed E-state index contributed by atoms with van der Waals surface area (Å²) in [6.45, 7) is 9.00. The van der Waals surface area contributed by atoms with Gasteiger partial charge < -0.3 is 0 Å². The molecule has 1 fully saturated rings. The average molecular weight is 348 g/mol. The average Bonchev–Trinajstić information content (AvgIpc) is 3.29. The number of carbonyl (C=O) groups is 1. The van der Waals surface area contributed by atoms with E-state index in [1.807, 2.05) is 56.4 Å². The van der Waals surface area contributed by atoms with Crippen molar-refractivity contribution in [3.05, 3.63) is 93.5 Å². The number of hydrogen-bond donors (Lipinski definition) is 0. The minimum atomic E-state index is 0. The molecule has 0 amide bonds. The Bertz CT molecular complexity index is 460. The summed E-state index contributed by atoms with van der Waals surface area (Å²) in [7, 11) is 0. The third-order valence-electron chi connectivity index (χ3n) is 2.99. The van der Waals surface area contributed by atoms with Crippen LogP contribution >= 0.6 is 0 Å².